The summed E-state index contributed by atoms with van der Waals surface area (Å²) in [6, 6.07) is 27.3. The summed E-state index contributed by atoms with van der Waals surface area (Å²) in [6.07, 6.45) is 0. The van der Waals surface area contributed by atoms with Gasteiger partial charge in [-0.15, -0.1) is 11.6 Å². The lowest BCUT2D eigenvalue weighted by atomic mass is 10.1. The fourth-order valence-electron chi connectivity index (χ4n) is 4.49. The molecule has 0 saturated carbocycles. The van der Waals surface area contributed by atoms with Gasteiger partial charge in [0.25, 0.3) is 0 Å². The maximum absolute atomic E-state index is 12.5. The quantitative estimate of drug-likeness (QED) is 0.0938. The lowest BCUT2D eigenvalue weighted by Gasteiger charge is -2.12. The van der Waals surface area contributed by atoms with Gasteiger partial charge in [0, 0.05) is 26.7 Å². The summed E-state index contributed by atoms with van der Waals surface area (Å²) in [5.41, 5.74) is -1.03. The SMILES string of the molecule is ClCc1ccccc1Cl.O=c1[nH]c2ccccc2c(O)c1[N+](=O)[O-].O=c1c([N+](=O)[O-])c(O)c2ccccc2n1Cc1ccccc1Cl. The summed E-state index contributed by atoms with van der Waals surface area (Å²) < 4.78 is 1.24. The number of pyridine rings is 2. The molecule has 0 aliphatic carbocycles. The molecule has 0 amide bonds. The van der Waals surface area contributed by atoms with Gasteiger partial charge >= 0.3 is 22.5 Å². The van der Waals surface area contributed by atoms with Gasteiger partial charge < -0.3 is 15.2 Å². The molecule has 47 heavy (non-hydrogen) atoms. The highest BCUT2D eigenvalue weighted by Gasteiger charge is 2.25. The van der Waals surface area contributed by atoms with Crippen LogP contribution in [0.4, 0.5) is 11.4 Å². The van der Waals surface area contributed by atoms with Crippen LogP contribution >= 0.6 is 34.8 Å². The molecular formula is C32H23Cl3N4O8. The first-order chi connectivity index (χ1) is 22.5. The molecule has 2 heterocycles. The third-order valence-electron chi connectivity index (χ3n) is 6.75. The van der Waals surface area contributed by atoms with Crippen LogP contribution in [0.1, 0.15) is 11.1 Å². The maximum atomic E-state index is 12.5. The van der Waals surface area contributed by atoms with Crippen LogP contribution in [0.2, 0.25) is 10.0 Å². The standard InChI is InChI=1S/C16H11ClN2O4.C9H6N2O4.C7H6Cl2/c17-12-7-3-1-5-10(12)9-18-13-8-4-2-6-11(13)15(20)14(16(18)21)19(22)23;12-8-5-3-1-2-4-6(5)10-9(13)7(8)11(14)15;8-5-6-3-1-2-4-7(6)9/h1-8,20H,9H2;1-4H,(H2,10,12,13);1-4H,5H2. The minimum atomic E-state index is -0.906. The predicted octanol–water partition coefficient (Wildman–Crippen LogP) is 7.54. The van der Waals surface area contributed by atoms with E-state index in [1.807, 2.05) is 24.3 Å². The number of rotatable bonds is 5. The van der Waals surface area contributed by atoms with Gasteiger partial charge in [0.1, 0.15) is 0 Å². The van der Waals surface area contributed by atoms with Crippen molar-refractivity contribution in [2.24, 2.45) is 0 Å². The molecule has 0 unspecified atom stereocenters. The van der Waals surface area contributed by atoms with E-state index >= 15 is 0 Å². The van der Waals surface area contributed by atoms with Crippen molar-refractivity contribution in [3.8, 4) is 11.5 Å². The number of hydrogen-bond acceptors (Lipinski definition) is 8. The molecule has 6 aromatic rings. The van der Waals surface area contributed by atoms with Gasteiger partial charge in [-0.25, -0.2) is 0 Å². The van der Waals surface area contributed by atoms with Crippen LogP contribution in [-0.4, -0.2) is 29.6 Å². The van der Waals surface area contributed by atoms with E-state index in [1.165, 1.54) is 16.7 Å². The van der Waals surface area contributed by atoms with E-state index in [-0.39, 0.29) is 17.3 Å². The van der Waals surface area contributed by atoms with Gasteiger partial charge in [0.15, 0.2) is 0 Å². The number of nitrogens with one attached hydrogen (secondary N) is 1. The van der Waals surface area contributed by atoms with Crippen LogP contribution in [0.15, 0.2) is 107 Å². The molecule has 0 bridgehead atoms. The first-order valence-corrected chi connectivity index (χ1v) is 14.7. The number of H-pyrrole nitrogens is 1. The minimum Gasteiger partial charge on any atom is -0.501 e. The largest absolute Gasteiger partial charge is 0.501 e. The molecule has 12 nitrogen and oxygen atoms in total. The lowest BCUT2D eigenvalue weighted by molar-refractivity contribution is -0.387. The molecule has 0 aliphatic rings. The van der Waals surface area contributed by atoms with Gasteiger partial charge in [-0.1, -0.05) is 83.9 Å². The lowest BCUT2D eigenvalue weighted by Crippen LogP contribution is -2.24. The maximum Gasteiger partial charge on any atom is 0.375 e. The number of aromatic amines is 1. The summed E-state index contributed by atoms with van der Waals surface area (Å²) >= 11 is 17.4. The normalized spacial score (nSPS) is 10.4. The molecule has 3 N–H and O–H groups in total. The third kappa shape index (κ3) is 7.69. The fourth-order valence-corrected chi connectivity index (χ4v) is 5.18. The van der Waals surface area contributed by atoms with Crippen molar-refractivity contribution < 1.29 is 20.1 Å². The minimum absolute atomic E-state index is 0.0696. The molecule has 0 atom stereocenters. The topological polar surface area (TPSA) is 182 Å². The molecule has 0 radical (unpaired) electrons. The number of para-hydroxylation sites is 2. The van der Waals surface area contributed by atoms with Crippen molar-refractivity contribution in [2.45, 2.75) is 12.4 Å². The molecule has 15 heteroatoms. The number of nitrogens with zero attached hydrogens (tertiary/aromatic N) is 3. The van der Waals surface area contributed by atoms with Gasteiger partial charge in [0.05, 0.1) is 27.4 Å². The number of alkyl halides is 1. The van der Waals surface area contributed by atoms with Gasteiger partial charge in [0.2, 0.25) is 11.5 Å². The Hall–Kier alpha value is -5.43. The Morgan fingerprint density at radius 2 is 1.17 bits per heavy atom. The molecule has 6 rings (SSSR count). The monoisotopic (exact) mass is 696 g/mol. The van der Waals surface area contributed by atoms with E-state index in [9.17, 15) is 40.0 Å². The summed E-state index contributed by atoms with van der Waals surface area (Å²) in [5.74, 6) is -0.731. The smallest absolute Gasteiger partial charge is 0.375 e. The third-order valence-corrected chi connectivity index (χ3v) is 7.77. The molecule has 0 aliphatic heterocycles. The average Bonchev–Trinajstić information content (AvgIpc) is 3.04. The number of benzene rings is 4. The number of hydrogen-bond donors (Lipinski definition) is 3. The Labute approximate surface area is 279 Å². The van der Waals surface area contributed by atoms with Crippen LogP contribution in [0, 0.1) is 20.2 Å². The highest BCUT2D eigenvalue weighted by atomic mass is 35.5. The average molecular weight is 698 g/mol. The first kappa shape index (κ1) is 34.4. The van der Waals surface area contributed by atoms with Gasteiger partial charge in [-0.05, 0) is 47.5 Å². The number of halogens is 3. The first-order valence-electron chi connectivity index (χ1n) is 13.5. The second-order valence-corrected chi connectivity index (χ2v) is 10.7. The Bertz CT molecular complexity index is 2240. The predicted molar refractivity (Wildman–Crippen MR) is 181 cm³/mol. The van der Waals surface area contributed by atoms with E-state index < -0.39 is 43.8 Å². The molecule has 2 aromatic heterocycles. The Kier molecular flexibility index (Phi) is 11.2. The van der Waals surface area contributed by atoms with Crippen molar-refractivity contribution in [3.63, 3.8) is 0 Å². The van der Waals surface area contributed by atoms with Gasteiger partial charge in [-0.2, -0.15) is 0 Å². The van der Waals surface area contributed by atoms with Crippen LogP contribution in [0.5, 0.6) is 11.5 Å². The van der Waals surface area contributed by atoms with E-state index in [1.54, 1.807) is 60.7 Å². The summed E-state index contributed by atoms with van der Waals surface area (Å²) in [4.78, 5) is 45.9. The van der Waals surface area contributed by atoms with Crippen molar-refractivity contribution in [3.05, 3.63) is 159 Å². The molecule has 240 valence electrons. The zero-order valence-electron chi connectivity index (χ0n) is 24.0. The highest BCUT2D eigenvalue weighted by Crippen LogP contribution is 2.32. The molecule has 0 fully saturated rings. The number of fused-ring (bicyclic) bond motifs is 2. The zero-order valence-corrected chi connectivity index (χ0v) is 26.2. The number of aromatic hydroxyl groups is 2. The van der Waals surface area contributed by atoms with Crippen molar-refractivity contribution in [2.75, 3.05) is 0 Å². The molecular weight excluding hydrogens is 675 g/mol. The molecule has 4 aromatic carbocycles. The number of aromatic nitrogens is 2. The zero-order chi connectivity index (χ0) is 34.2. The highest BCUT2D eigenvalue weighted by molar-refractivity contribution is 6.32. The molecule has 0 saturated heterocycles. The fraction of sp³-hybridized carbons (Fsp3) is 0.0625. The van der Waals surface area contributed by atoms with Crippen LogP contribution < -0.4 is 11.1 Å². The Morgan fingerprint density at radius 3 is 1.72 bits per heavy atom. The molecule has 0 spiro atoms. The van der Waals surface area contributed by atoms with Crippen molar-refractivity contribution >= 4 is 68.0 Å². The second kappa shape index (κ2) is 15.2. The van der Waals surface area contributed by atoms with Gasteiger partial charge in [-0.3, -0.25) is 34.4 Å². The van der Waals surface area contributed by atoms with E-state index in [2.05, 4.69) is 4.98 Å². The Balaban J connectivity index is 0.000000178. The van der Waals surface area contributed by atoms with Crippen LogP contribution in [0.3, 0.4) is 0 Å². The Morgan fingerprint density at radius 1 is 0.681 bits per heavy atom. The summed E-state index contributed by atoms with van der Waals surface area (Å²) in [7, 11) is 0. The second-order valence-electron chi connectivity index (χ2n) is 9.63. The van der Waals surface area contributed by atoms with E-state index in [4.69, 9.17) is 34.8 Å². The van der Waals surface area contributed by atoms with Crippen LogP contribution in [0.25, 0.3) is 21.8 Å². The summed E-state index contributed by atoms with van der Waals surface area (Å²) in [5, 5.41) is 43.0. The van der Waals surface area contributed by atoms with E-state index in [0.717, 1.165) is 10.6 Å². The van der Waals surface area contributed by atoms with Crippen LogP contribution in [-0.2, 0) is 12.4 Å². The van der Waals surface area contributed by atoms with E-state index in [0.29, 0.717) is 27.5 Å². The number of nitro groups is 2. The summed E-state index contributed by atoms with van der Waals surface area (Å²) in [6.45, 7) is 0.0696. The van der Waals surface area contributed by atoms with Crippen molar-refractivity contribution in [1.82, 2.24) is 9.55 Å². The van der Waals surface area contributed by atoms with Crippen molar-refractivity contribution in [1.29, 1.82) is 0 Å².